The van der Waals surface area contributed by atoms with Crippen molar-refractivity contribution in [2.45, 2.75) is 19.3 Å². The Labute approximate surface area is 119 Å². The van der Waals surface area contributed by atoms with Crippen molar-refractivity contribution >= 4 is 11.6 Å². The topological polar surface area (TPSA) is 68.9 Å². The zero-order valence-corrected chi connectivity index (χ0v) is 12.0. The van der Waals surface area contributed by atoms with Gasteiger partial charge in [0.1, 0.15) is 11.5 Å². The van der Waals surface area contributed by atoms with Crippen LogP contribution in [0, 0.1) is 11.3 Å². The highest BCUT2D eigenvalue weighted by molar-refractivity contribution is 5.94. The predicted molar refractivity (Wildman–Crippen MR) is 79.4 cm³/mol. The van der Waals surface area contributed by atoms with Gasteiger partial charge in [-0.15, -0.1) is 0 Å². The van der Waals surface area contributed by atoms with Gasteiger partial charge in [0.15, 0.2) is 5.96 Å². The molecule has 0 saturated heterocycles. The molecule has 2 fully saturated rings. The number of nitrogens with two attached hydrogens (primary N) is 1. The van der Waals surface area contributed by atoms with E-state index in [1.54, 1.807) is 14.2 Å². The molecule has 2 saturated carbocycles. The summed E-state index contributed by atoms with van der Waals surface area (Å²) >= 11 is 0. The van der Waals surface area contributed by atoms with Crippen LogP contribution in [0.4, 0.5) is 5.69 Å². The normalized spacial score (nSPS) is 22.5. The van der Waals surface area contributed by atoms with E-state index in [9.17, 15) is 0 Å². The van der Waals surface area contributed by atoms with Gasteiger partial charge in [-0.25, -0.2) is 0 Å². The summed E-state index contributed by atoms with van der Waals surface area (Å²) in [6, 6.07) is 5.54. The maximum atomic E-state index is 5.95. The lowest BCUT2D eigenvalue weighted by molar-refractivity contribution is 0.405. The third-order valence-electron chi connectivity index (χ3n) is 4.40. The minimum absolute atomic E-state index is 0.430. The number of nitrogens with one attached hydrogen (secondary N) is 1. The first-order valence-corrected chi connectivity index (χ1v) is 6.96. The lowest BCUT2D eigenvalue weighted by atomic mass is 10.2. The molecule has 1 unspecified atom stereocenters. The van der Waals surface area contributed by atoms with Crippen molar-refractivity contribution in [2.24, 2.45) is 22.1 Å². The van der Waals surface area contributed by atoms with Crippen LogP contribution in [0.5, 0.6) is 11.5 Å². The van der Waals surface area contributed by atoms with Crippen molar-refractivity contribution in [1.82, 2.24) is 0 Å². The summed E-state index contributed by atoms with van der Waals surface area (Å²) in [5.41, 5.74) is 7.38. The molecule has 5 nitrogen and oxygen atoms in total. The maximum Gasteiger partial charge on any atom is 0.193 e. The van der Waals surface area contributed by atoms with Crippen molar-refractivity contribution in [1.29, 1.82) is 0 Å². The summed E-state index contributed by atoms with van der Waals surface area (Å²) in [6.07, 6.45) is 4.08. The van der Waals surface area contributed by atoms with Crippen LogP contribution >= 0.6 is 0 Å². The van der Waals surface area contributed by atoms with Gasteiger partial charge in [0.25, 0.3) is 0 Å². The molecular formula is C15H21N3O2. The lowest BCUT2D eigenvalue weighted by Gasteiger charge is -2.12. The molecule has 108 valence electrons. The quantitative estimate of drug-likeness (QED) is 0.638. The summed E-state index contributed by atoms with van der Waals surface area (Å²) in [7, 11) is 3.26. The van der Waals surface area contributed by atoms with Crippen molar-refractivity contribution in [3.63, 3.8) is 0 Å². The van der Waals surface area contributed by atoms with Crippen LogP contribution in [-0.2, 0) is 0 Å². The SMILES string of the molecule is COc1ccc(OC)c(NC(N)=NCC2CC23CC3)c1. The lowest BCUT2D eigenvalue weighted by Crippen LogP contribution is -2.23. The standard InChI is InChI=1S/C15H21N3O2/c1-19-11-3-4-13(20-2)12(7-11)18-14(16)17-9-10-8-15(10)5-6-15/h3-4,7,10H,5-6,8-9H2,1-2H3,(H3,16,17,18). The molecule has 1 spiro atoms. The van der Waals surface area contributed by atoms with E-state index in [0.29, 0.717) is 17.1 Å². The second kappa shape index (κ2) is 4.89. The van der Waals surface area contributed by atoms with Gasteiger partial charge >= 0.3 is 0 Å². The number of aliphatic imine (C=N–C) groups is 1. The first kappa shape index (κ1) is 13.1. The molecule has 0 radical (unpaired) electrons. The number of guanidine groups is 1. The van der Waals surface area contributed by atoms with Crippen LogP contribution in [0.25, 0.3) is 0 Å². The van der Waals surface area contributed by atoms with Crippen molar-refractivity contribution in [2.75, 3.05) is 26.1 Å². The van der Waals surface area contributed by atoms with Crippen LogP contribution in [0.15, 0.2) is 23.2 Å². The zero-order chi connectivity index (χ0) is 14.2. The van der Waals surface area contributed by atoms with Gasteiger partial charge in [-0.05, 0) is 42.7 Å². The Bertz CT molecular complexity index is 538. The Morgan fingerprint density at radius 1 is 1.40 bits per heavy atom. The van der Waals surface area contributed by atoms with Gasteiger partial charge in [-0.2, -0.15) is 0 Å². The van der Waals surface area contributed by atoms with E-state index < -0.39 is 0 Å². The Balaban J connectivity index is 1.64. The molecule has 0 heterocycles. The van der Waals surface area contributed by atoms with Crippen LogP contribution < -0.4 is 20.5 Å². The van der Waals surface area contributed by atoms with Gasteiger partial charge in [-0.1, -0.05) is 0 Å². The fourth-order valence-electron chi connectivity index (χ4n) is 2.76. The Kier molecular flexibility index (Phi) is 3.20. The molecule has 5 heteroatoms. The number of nitrogens with zero attached hydrogens (tertiary/aromatic N) is 1. The molecule has 1 aromatic carbocycles. The van der Waals surface area contributed by atoms with E-state index in [2.05, 4.69) is 10.3 Å². The molecule has 1 atom stereocenters. The van der Waals surface area contributed by atoms with Crippen molar-refractivity contribution < 1.29 is 9.47 Å². The molecule has 0 aliphatic heterocycles. The number of methoxy groups -OCH3 is 2. The summed E-state index contributed by atoms with van der Waals surface area (Å²) < 4.78 is 10.5. The molecule has 0 aromatic heterocycles. The average Bonchev–Trinajstić information content (AvgIpc) is 3.37. The number of hydrogen-bond donors (Lipinski definition) is 2. The predicted octanol–water partition coefficient (Wildman–Crippen LogP) is 2.23. The molecule has 3 rings (SSSR count). The van der Waals surface area contributed by atoms with Gasteiger partial charge in [0.2, 0.25) is 0 Å². The third-order valence-corrected chi connectivity index (χ3v) is 4.40. The highest BCUT2D eigenvalue weighted by Crippen LogP contribution is 2.70. The Morgan fingerprint density at radius 3 is 2.80 bits per heavy atom. The van der Waals surface area contributed by atoms with Crippen molar-refractivity contribution in [3.8, 4) is 11.5 Å². The van der Waals surface area contributed by atoms with E-state index >= 15 is 0 Å². The number of ether oxygens (including phenoxy) is 2. The van der Waals surface area contributed by atoms with E-state index in [0.717, 1.165) is 23.9 Å². The first-order chi connectivity index (χ1) is 9.66. The van der Waals surface area contributed by atoms with Crippen molar-refractivity contribution in [3.05, 3.63) is 18.2 Å². The van der Waals surface area contributed by atoms with E-state index in [4.69, 9.17) is 15.2 Å². The van der Waals surface area contributed by atoms with Gasteiger partial charge in [0.05, 0.1) is 19.9 Å². The van der Waals surface area contributed by atoms with Gasteiger partial charge in [0, 0.05) is 12.6 Å². The van der Waals surface area contributed by atoms with Crippen LogP contribution in [0.1, 0.15) is 19.3 Å². The summed E-state index contributed by atoms with van der Waals surface area (Å²) in [5, 5.41) is 3.09. The molecule has 3 N–H and O–H groups in total. The molecule has 20 heavy (non-hydrogen) atoms. The average molecular weight is 275 g/mol. The van der Waals surface area contributed by atoms with Crippen LogP contribution in [-0.4, -0.2) is 26.7 Å². The minimum Gasteiger partial charge on any atom is -0.497 e. The fourth-order valence-corrected chi connectivity index (χ4v) is 2.76. The second-order valence-corrected chi connectivity index (χ2v) is 5.68. The molecule has 2 aliphatic rings. The first-order valence-electron chi connectivity index (χ1n) is 6.96. The molecule has 2 aliphatic carbocycles. The maximum absolute atomic E-state index is 5.95. The highest BCUT2D eigenvalue weighted by atomic mass is 16.5. The molecular weight excluding hydrogens is 254 g/mol. The van der Waals surface area contributed by atoms with Gasteiger partial charge in [-0.3, -0.25) is 4.99 Å². The second-order valence-electron chi connectivity index (χ2n) is 5.68. The van der Waals surface area contributed by atoms with Crippen LogP contribution in [0.3, 0.4) is 0 Å². The van der Waals surface area contributed by atoms with E-state index in [1.807, 2.05) is 18.2 Å². The number of anilines is 1. The smallest absolute Gasteiger partial charge is 0.193 e. The summed E-state index contributed by atoms with van der Waals surface area (Å²) in [4.78, 5) is 4.43. The minimum atomic E-state index is 0.430. The summed E-state index contributed by atoms with van der Waals surface area (Å²) in [6.45, 7) is 0.825. The molecule has 1 aromatic rings. The van der Waals surface area contributed by atoms with E-state index in [-0.39, 0.29) is 0 Å². The fraction of sp³-hybridized carbons (Fsp3) is 0.533. The number of hydrogen-bond acceptors (Lipinski definition) is 3. The summed E-state index contributed by atoms with van der Waals surface area (Å²) in [5.74, 6) is 2.64. The largest absolute Gasteiger partial charge is 0.497 e. The number of benzene rings is 1. The Morgan fingerprint density at radius 2 is 2.20 bits per heavy atom. The van der Waals surface area contributed by atoms with Gasteiger partial charge < -0.3 is 20.5 Å². The monoisotopic (exact) mass is 275 g/mol. The molecule has 0 bridgehead atoms. The third kappa shape index (κ3) is 2.53. The number of rotatable bonds is 5. The van der Waals surface area contributed by atoms with Crippen LogP contribution in [0.2, 0.25) is 0 Å². The van der Waals surface area contributed by atoms with E-state index in [1.165, 1.54) is 19.3 Å². The highest BCUT2D eigenvalue weighted by Gasteiger charge is 2.62. The zero-order valence-electron chi connectivity index (χ0n) is 12.0. The Hall–Kier alpha value is -1.91. The molecule has 0 amide bonds.